The predicted octanol–water partition coefficient (Wildman–Crippen LogP) is 6.79. The normalized spacial score (nSPS) is 17.9. The van der Waals surface area contributed by atoms with Crippen molar-refractivity contribution in [1.82, 2.24) is 25.3 Å². The molecule has 42 heavy (non-hydrogen) atoms. The minimum absolute atomic E-state index is 0.123. The first-order valence-electron chi connectivity index (χ1n) is 14.8. The fourth-order valence-electron chi connectivity index (χ4n) is 5.71. The van der Waals surface area contributed by atoms with E-state index in [0.717, 1.165) is 38.5 Å². The van der Waals surface area contributed by atoms with Gasteiger partial charge in [-0.3, -0.25) is 9.69 Å². The fraction of sp³-hybridized carbons (Fsp3) is 0.548. The van der Waals surface area contributed by atoms with Gasteiger partial charge in [0.2, 0.25) is 0 Å². The van der Waals surface area contributed by atoms with Crippen LogP contribution in [0.2, 0.25) is 0 Å². The lowest BCUT2D eigenvalue weighted by molar-refractivity contribution is 0.0353. The number of H-pyrrole nitrogens is 1. The quantitative estimate of drug-likeness (QED) is 0.340. The molecule has 2 N–H and O–H groups in total. The molecule has 5 rings (SSSR count). The number of carbonyl (C=O) groups excluding carboxylic acids is 2. The van der Waals surface area contributed by atoms with Gasteiger partial charge in [0.1, 0.15) is 35.0 Å². The number of fused-ring (bicyclic) bond motifs is 1. The third-order valence-corrected chi connectivity index (χ3v) is 7.83. The minimum Gasteiger partial charge on any atom is -0.499 e. The highest BCUT2D eigenvalue weighted by Gasteiger charge is 2.32. The van der Waals surface area contributed by atoms with Crippen molar-refractivity contribution in [3.8, 4) is 0 Å². The number of nitrogens with zero attached hydrogens (tertiary/aromatic N) is 3. The largest absolute Gasteiger partial charge is 0.499 e. The molecule has 0 saturated heterocycles. The number of rotatable bonds is 5. The Kier molecular flexibility index (Phi) is 8.84. The minimum atomic E-state index is -0.712. The van der Waals surface area contributed by atoms with Crippen LogP contribution in [0.4, 0.5) is 9.18 Å². The summed E-state index contributed by atoms with van der Waals surface area (Å²) in [7, 11) is 0. The first-order valence-corrected chi connectivity index (χ1v) is 14.8. The van der Waals surface area contributed by atoms with Crippen LogP contribution in [-0.2, 0) is 9.47 Å². The molecule has 1 aromatic carbocycles. The first kappa shape index (κ1) is 29.6. The molecule has 1 fully saturated rings. The van der Waals surface area contributed by atoms with Crippen molar-refractivity contribution in [2.45, 2.75) is 90.7 Å². The Labute approximate surface area is 245 Å². The molecule has 2 amide bonds. The van der Waals surface area contributed by atoms with Crippen molar-refractivity contribution in [1.29, 1.82) is 0 Å². The molecule has 11 heteroatoms. The highest BCUT2D eigenvalue weighted by Crippen LogP contribution is 2.35. The Bertz CT molecular complexity index is 1450. The number of benzene rings is 1. The molecular weight excluding hydrogens is 541 g/mol. The van der Waals surface area contributed by atoms with Gasteiger partial charge in [0.25, 0.3) is 5.91 Å². The van der Waals surface area contributed by atoms with Crippen LogP contribution in [-0.4, -0.2) is 50.8 Å². The second-order valence-corrected chi connectivity index (χ2v) is 12.2. The van der Waals surface area contributed by atoms with E-state index >= 15 is 4.39 Å². The van der Waals surface area contributed by atoms with Crippen molar-refractivity contribution in [3.63, 3.8) is 0 Å². The van der Waals surface area contributed by atoms with Crippen LogP contribution in [0, 0.1) is 18.7 Å². The Morgan fingerprint density at radius 3 is 2.57 bits per heavy atom. The van der Waals surface area contributed by atoms with E-state index in [1.165, 1.54) is 23.8 Å². The summed E-state index contributed by atoms with van der Waals surface area (Å²) in [5.41, 5.74) is 1.23. The summed E-state index contributed by atoms with van der Waals surface area (Å²) in [5.74, 6) is -0.281. The van der Waals surface area contributed by atoms with Gasteiger partial charge in [-0.1, -0.05) is 37.3 Å². The number of aromatic nitrogens is 3. The van der Waals surface area contributed by atoms with Crippen molar-refractivity contribution >= 4 is 28.7 Å². The summed E-state index contributed by atoms with van der Waals surface area (Å²) in [6.45, 7) is 7.80. The molecule has 1 aliphatic heterocycles. The monoisotopic (exact) mass is 581 g/mol. The summed E-state index contributed by atoms with van der Waals surface area (Å²) >= 11 is 0. The average Bonchev–Trinajstić information content (AvgIpc) is 3.46. The van der Waals surface area contributed by atoms with E-state index in [9.17, 15) is 9.59 Å². The molecule has 1 unspecified atom stereocenters. The van der Waals surface area contributed by atoms with E-state index in [2.05, 4.69) is 15.5 Å². The Hall–Kier alpha value is -3.89. The van der Waals surface area contributed by atoms with Gasteiger partial charge in [-0.15, -0.1) is 0 Å². The van der Waals surface area contributed by atoms with Gasteiger partial charge in [0.05, 0.1) is 29.6 Å². The van der Waals surface area contributed by atoms with Crippen LogP contribution in [0.25, 0.3) is 16.7 Å². The summed E-state index contributed by atoms with van der Waals surface area (Å²) in [6, 6.07) is 2.89. The van der Waals surface area contributed by atoms with Gasteiger partial charge in [-0.25, -0.2) is 14.2 Å². The Morgan fingerprint density at radius 2 is 1.88 bits per heavy atom. The molecule has 2 aliphatic rings. The van der Waals surface area contributed by atoms with Crippen molar-refractivity contribution < 1.29 is 28.0 Å². The highest BCUT2D eigenvalue weighted by atomic mass is 19.1. The van der Waals surface area contributed by atoms with E-state index in [0.29, 0.717) is 42.2 Å². The number of amides is 2. The van der Waals surface area contributed by atoms with Crippen LogP contribution in [0.15, 0.2) is 29.2 Å². The SMILES string of the molecule is Cc1nocc1C(=O)NC(c1nc2c(F)c(C3=COCCCN3C(=O)OC(C)(C)C)ccc2[nH]1)C1CCCCCCC1. The van der Waals surface area contributed by atoms with E-state index in [-0.39, 0.29) is 28.6 Å². The number of halogens is 1. The molecule has 2 aromatic heterocycles. The number of aromatic amines is 1. The molecule has 1 aliphatic carbocycles. The molecular formula is C31H40FN5O5. The predicted molar refractivity (Wildman–Crippen MR) is 155 cm³/mol. The first-order chi connectivity index (χ1) is 20.1. The number of nitrogens with one attached hydrogen (secondary N) is 2. The fourth-order valence-corrected chi connectivity index (χ4v) is 5.71. The lowest BCUT2D eigenvalue weighted by atomic mass is 9.85. The van der Waals surface area contributed by atoms with Crippen LogP contribution in [0.3, 0.4) is 0 Å². The maximum atomic E-state index is 16.3. The maximum Gasteiger partial charge on any atom is 0.414 e. The third kappa shape index (κ3) is 6.60. The second kappa shape index (κ2) is 12.5. The van der Waals surface area contributed by atoms with Crippen LogP contribution < -0.4 is 5.32 Å². The lowest BCUT2D eigenvalue weighted by Crippen LogP contribution is -2.36. The van der Waals surface area contributed by atoms with Crippen molar-refractivity contribution in [2.75, 3.05) is 13.2 Å². The average molecular weight is 582 g/mol. The zero-order valence-electron chi connectivity index (χ0n) is 24.8. The second-order valence-electron chi connectivity index (χ2n) is 12.2. The highest BCUT2D eigenvalue weighted by molar-refractivity contribution is 5.95. The summed E-state index contributed by atoms with van der Waals surface area (Å²) < 4.78 is 32.5. The molecule has 0 radical (unpaired) electrons. The third-order valence-electron chi connectivity index (χ3n) is 7.83. The van der Waals surface area contributed by atoms with Gasteiger partial charge in [0, 0.05) is 12.1 Å². The molecule has 1 atom stereocenters. The number of hydrogen-bond acceptors (Lipinski definition) is 7. The summed E-state index contributed by atoms with van der Waals surface area (Å²) in [6.07, 6.45) is 10.2. The topological polar surface area (TPSA) is 123 Å². The molecule has 1 saturated carbocycles. The number of hydrogen-bond donors (Lipinski definition) is 2. The van der Waals surface area contributed by atoms with Crippen molar-refractivity contribution in [2.24, 2.45) is 5.92 Å². The Morgan fingerprint density at radius 1 is 1.14 bits per heavy atom. The van der Waals surface area contributed by atoms with Crippen LogP contribution in [0.5, 0.6) is 0 Å². The van der Waals surface area contributed by atoms with Crippen molar-refractivity contribution in [3.05, 3.63) is 53.1 Å². The summed E-state index contributed by atoms with van der Waals surface area (Å²) in [4.78, 5) is 35.8. The molecule has 0 spiro atoms. The van der Waals surface area contributed by atoms with Gasteiger partial charge < -0.3 is 24.3 Å². The van der Waals surface area contributed by atoms with E-state index in [1.807, 2.05) is 0 Å². The summed E-state index contributed by atoms with van der Waals surface area (Å²) in [5, 5.41) is 6.99. The smallest absolute Gasteiger partial charge is 0.414 e. The zero-order chi connectivity index (χ0) is 29.9. The van der Waals surface area contributed by atoms with Crippen LogP contribution in [0.1, 0.15) is 106 Å². The van der Waals surface area contributed by atoms with Gasteiger partial charge in [-0.05, 0) is 65.0 Å². The van der Waals surface area contributed by atoms with Crippen LogP contribution >= 0.6 is 0 Å². The van der Waals surface area contributed by atoms with Gasteiger partial charge in [-0.2, -0.15) is 0 Å². The number of carbonyl (C=O) groups is 2. The number of aryl methyl sites for hydroxylation is 1. The molecule has 3 aromatic rings. The standard InChI is InChI=1S/C31H40FN5O5/c1-19-22(17-41-36-19)29(38)35-26(20-11-8-6-5-7-9-12-20)28-33-23-14-13-21(25(32)27(23)34-28)24-18-40-16-10-15-37(24)30(39)42-31(2,3)4/h13-14,17-18,20,26H,5-12,15-16H2,1-4H3,(H,33,34)(H,35,38). The van der Waals surface area contributed by atoms with E-state index in [4.69, 9.17) is 19.0 Å². The number of imidazole rings is 1. The lowest BCUT2D eigenvalue weighted by Gasteiger charge is -2.28. The molecule has 0 bridgehead atoms. The molecule has 226 valence electrons. The van der Waals surface area contributed by atoms with Gasteiger partial charge in [0.15, 0.2) is 5.82 Å². The van der Waals surface area contributed by atoms with E-state index in [1.54, 1.807) is 39.8 Å². The molecule has 10 nitrogen and oxygen atoms in total. The Balaban J connectivity index is 1.51. The van der Waals surface area contributed by atoms with E-state index < -0.39 is 23.6 Å². The number of ether oxygens (including phenoxy) is 2. The molecule has 3 heterocycles. The van der Waals surface area contributed by atoms with Gasteiger partial charge >= 0.3 is 6.09 Å². The maximum absolute atomic E-state index is 16.3. The zero-order valence-corrected chi connectivity index (χ0v) is 24.8.